The molecule has 0 bridgehead atoms. The third-order valence-electron chi connectivity index (χ3n) is 4.86. The zero-order valence-electron chi connectivity index (χ0n) is 15.4. The van der Waals surface area contributed by atoms with Crippen LogP contribution in [0.25, 0.3) is 0 Å². The third-order valence-corrected chi connectivity index (χ3v) is 5.97. The molecule has 0 aliphatic heterocycles. The van der Waals surface area contributed by atoms with E-state index in [-0.39, 0.29) is 22.8 Å². The van der Waals surface area contributed by atoms with E-state index < -0.39 is 15.8 Å². The molecule has 0 heterocycles. The van der Waals surface area contributed by atoms with E-state index in [1.165, 1.54) is 29.7 Å². The summed E-state index contributed by atoms with van der Waals surface area (Å²) in [5.74, 6) is -0.974. The smallest absolute Gasteiger partial charge is 0.338 e. The zero-order valence-corrected chi connectivity index (χ0v) is 16.3. The summed E-state index contributed by atoms with van der Waals surface area (Å²) in [4.78, 5) is 24.8. The molecule has 0 N–H and O–H groups in total. The van der Waals surface area contributed by atoms with E-state index in [2.05, 4.69) is 0 Å². The lowest BCUT2D eigenvalue weighted by atomic mass is 9.90. The third kappa shape index (κ3) is 4.45. The van der Waals surface area contributed by atoms with Crippen LogP contribution in [0.3, 0.4) is 0 Å². The molecule has 2 aromatic rings. The van der Waals surface area contributed by atoms with Gasteiger partial charge in [0.25, 0.3) is 0 Å². The minimum absolute atomic E-state index is 0.0427. The predicted molar refractivity (Wildman–Crippen MR) is 102 cm³/mol. The van der Waals surface area contributed by atoms with E-state index in [9.17, 15) is 18.0 Å². The van der Waals surface area contributed by atoms with Crippen molar-refractivity contribution in [2.24, 2.45) is 0 Å². The number of hydrogen-bond acceptors (Lipinski definition) is 5. The molecule has 1 aliphatic carbocycles. The van der Waals surface area contributed by atoms with Gasteiger partial charge in [-0.3, -0.25) is 4.79 Å². The maximum Gasteiger partial charge on any atom is 0.338 e. The number of fused-ring (bicyclic) bond motifs is 1. The highest BCUT2D eigenvalue weighted by Gasteiger charge is 2.18. The lowest BCUT2D eigenvalue weighted by Gasteiger charge is -2.16. The molecule has 6 heteroatoms. The van der Waals surface area contributed by atoms with Gasteiger partial charge in [-0.25, -0.2) is 13.2 Å². The van der Waals surface area contributed by atoms with Crippen molar-refractivity contribution < 1.29 is 22.7 Å². The zero-order chi connectivity index (χ0) is 19.6. The number of carbonyl (C=O) groups excluding carboxylic acids is 2. The van der Waals surface area contributed by atoms with Crippen LogP contribution in [0, 0.1) is 6.92 Å². The first kappa shape index (κ1) is 19.3. The second-order valence-corrected chi connectivity index (χ2v) is 8.95. The van der Waals surface area contributed by atoms with Crippen LogP contribution in [0.2, 0.25) is 0 Å². The average molecular weight is 386 g/mol. The number of benzene rings is 2. The van der Waals surface area contributed by atoms with Crippen molar-refractivity contribution in [3.63, 3.8) is 0 Å². The van der Waals surface area contributed by atoms with Gasteiger partial charge in [-0.05, 0) is 67.5 Å². The van der Waals surface area contributed by atoms with Crippen molar-refractivity contribution in [3.8, 4) is 0 Å². The molecule has 1 aliphatic rings. The van der Waals surface area contributed by atoms with E-state index in [0.717, 1.165) is 25.5 Å². The van der Waals surface area contributed by atoms with Crippen LogP contribution in [-0.4, -0.2) is 33.0 Å². The van der Waals surface area contributed by atoms with E-state index >= 15 is 0 Å². The molecule has 2 aromatic carbocycles. The van der Waals surface area contributed by atoms with Crippen LogP contribution < -0.4 is 0 Å². The highest BCUT2D eigenvalue weighted by molar-refractivity contribution is 7.90. The van der Waals surface area contributed by atoms with Gasteiger partial charge in [0.15, 0.2) is 22.2 Å². The van der Waals surface area contributed by atoms with Gasteiger partial charge in [0.05, 0.1) is 10.5 Å². The summed E-state index contributed by atoms with van der Waals surface area (Å²) < 4.78 is 28.5. The first-order chi connectivity index (χ1) is 12.8. The summed E-state index contributed by atoms with van der Waals surface area (Å²) >= 11 is 0. The van der Waals surface area contributed by atoms with E-state index in [0.29, 0.717) is 11.1 Å². The summed E-state index contributed by atoms with van der Waals surface area (Å²) in [7, 11) is -3.43. The number of esters is 1. The topological polar surface area (TPSA) is 77.5 Å². The van der Waals surface area contributed by atoms with Crippen LogP contribution >= 0.6 is 0 Å². The van der Waals surface area contributed by atoms with Gasteiger partial charge in [0.2, 0.25) is 0 Å². The number of aryl methyl sites for hydroxylation is 3. The Morgan fingerprint density at radius 2 is 1.70 bits per heavy atom. The molecule has 0 aromatic heterocycles. The number of carbonyl (C=O) groups is 2. The van der Waals surface area contributed by atoms with Crippen LogP contribution in [0.5, 0.6) is 0 Å². The molecule has 0 radical (unpaired) electrons. The van der Waals surface area contributed by atoms with Crippen molar-refractivity contribution in [3.05, 3.63) is 64.2 Å². The molecular weight excluding hydrogens is 364 g/mol. The second kappa shape index (κ2) is 7.64. The van der Waals surface area contributed by atoms with Gasteiger partial charge in [-0.1, -0.05) is 18.2 Å². The van der Waals surface area contributed by atoms with Crippen molar-refractivity contribution in [1.29, 1.82) is 0 Å². The fourth-order valence-electron chi connectivity index (χ4n) is 3.25. The number of ether oxygens (including phenoxy) is 1. The number of ketones is 1. The Bertz CT molecular complexity index is 1010. The highest BCUT2D eigenvalue weighted by Crippen LogP contribution is 2.22. The van der Waals surface area contributed by atoms with Gasteiger partial charge >= 0.3 is 5.97 Å². The van der Waals surface area contributed by atoms with E-state index in [1.807, 2.05) is 12.1 Å². The van der Waals surface area contributed by atoms with Gasteiger partial charge in [0, 0.05) is 11.8 Å². The highest BCUT2D eigenvalue weighted by atomic mass is 32.2. The molecule has 3 rings (SSSR count). The Kier molecular flexibility index (Phi) is 5.46. The molecule has 0 spiro atoms. The predicted octanol–water partition coefficient (Wildman–Crippen LogP) is 3.32. The first-order valence-electron chi connectivity index (χ1n) is 8.88. The Morgan fingerprint density at radius 1 is 1.00 bits per heavy atom. The van der Waals surface area contributed by atoms with Crippen molar-refractivity contribution >= 4 is 21.6 Å². The Hall–Kier alpha value is -2.47. The van der Waals surface area contributed by atoms with Crippen LogP contribution in [0.15, 0.2) is 41.3 Å². The lowest BCUT2D eigenvalue weighted by molar-refractivity contribution is 0.0473. The van der Waals surface area contributed by atoms with Crippen molar-refractivity contribution in [1.82, 2.24) is 0 Å². The van der Waals surface area contributed by atoms with Crippen LogP contribution in [0.1, 0.15) is 50.2 Å². The molecule has 27 heavy (non-hydrogen) atoms. The summed E-state index contributed by atoms with van der Waals surface area (Å²) in [6, 6.07) is 9.92. The molecular formula is C21H22O5S. The summed E-state index contributed by atoms with van der Waals surface area (Å²) in [5.41, 5.74) is 3.74. The standard InChI is InChI=1S/C21H22O5S/c1-14-7-10-18(27(2,24)25)12-19(14)21(23)26-13-20(22)17-9-8-15-5-3-4-6-16(15)11-17/h7-12H,3-6,13H2,1-2H3. The Labute approximate surface area is 159 Å². The minimum Gasteiger partial charge on any atom is -0.454 e. The van der Waals surface area contributed by atoms with Crippen molar-refractivity contribution in [2.45, 2.75) is 37.5 Å². The number of sulfone groups is 1. The van der Waals surface area contributed by atoms with Crippen molar-refractivity contribution in [2.75, 3.05) is 12.9 Å². The normalized spacial score (nSPS) is 13.7. The maximum absolute atomic E-state index is 12.4. The SMILES string of the molecule is Cc1ccc(S(C)(=O)=O)cc1C(=O)OCC(=O)c1ccc2c(c1)CCCC2. The Balaban J connectivity index is 1.71. The number of rotatable bonds is 5. The monoisotopic (exact) mass is 386 g/mol. The molecule has 0 saturated carbocycles. The minimum atomic E-state index is -3.43. The quantitative estimate of drug-likeness (QED) is 0.582. The Morgan fingerprint density at radius 3 is 2.41 bits per heavy atom. The molecule has 0 atom stereocenters. The van der Waals surface area contributed by atoms with Gasteiger partial charge in [0.1, 0.15) is 0 Å². The van der Waals surface area contributed by atoms with Gasteiger partial charge in [-0.15, -0.1) is 0 Å². The van der Waals surface area contributed by atoms with E-state index in [4.69, 9.17) is 4.74 Å². The van der Waals surface area contributed by atoms with Gasteiger partial charge in [-0.2, -0.15) is 0 Å². The summed E-state index contributed by atoms with van der Waals surface area (Å²) in [6.45, 7) is 1.31. The number of Topliss-reactive ketones (excluding diaryl/α,β-unsaturated/α-hetero) is 1. The molecule has 0 amide bonds. The van der Waals surface area contributed by atoms with E-state index in [1.54, 1.807) is 19.1 Å². The van der Waals surface area contributed by atoms with Gasteiger partial charge < -0.3 is 4.74 Å². The lowest BCUT2D eigenvalue weighted by Crippen LogP contribution is -2.16. The first-order valence-corrected chi connectivity index (χ1v) is 10.8. The number of hydrogen-bond donors (Lipinski definition) is 0. The molecule has 0 fully saturated rings. The molecule has 5 nitrogen and oxygen atoms in total. The molecule has 0 saturated heterocycles. The average Bonchev–Trinajstić information content (AvgIpc) is 2.64. The summed E-state index contributed by atoms with van der Waals surface area (Å²) in [5, 5.41) is 0. The van der Waals surface area contributed by atoms with Crippen LogP contribution in [0.4, 0.5) is 0 Å². The molecule has 0 unspecified atom stereocenters. The molecule has 142 valence electrons. The van der Waals surface area contributed by atoms with Crippen LogP contribution in [-0.2, 0) is 27.4 Å². The summed E-state index contributed by atoms with van der Waals surface area (Å²) in [6.07, 6.45) is 5.37. The fraction of sp³-hybridized carbons (Fsp3) is 0.333. The largest absolute Gasteiger partial charge is 0.454 e. The second-order valence-electron chi connectivity index (χ2n) is 6.94. The maximum atomic E-state index is 12.4. The fourth-order valence-corrected chi connectivity index (χ4v) is 3.90.